The van der Waals surface area contributed by atoms with Gasteiger partial charge in [0.1, 0.15) is 6.04 Å². The van der Waals surface area contributed by atoms with E-state index in [1.807, 2.05) is 6.92 Å². The maximum Gasteiger partial charge on any atom is 0.341 e. The number of ether oxygens (including phenoxy) is 5. The molecule has 2 heterocycles. The van der Waals surface area contributed by atoms with E-state index in [1.54, 1.807) is 50.3 Å². The number of hydrogen-bond donors (Lipinski definition) is 1. The van der Waals surface area contributed by atoms with Crippen LogP contribution in [0.3, 0.4) is 0 Å². The summed E-state index contributed by atoms with van der Waals surface area (Å²) in [6, 6.07) is 7.70. The first kappa shape index (κ1) is 30.8. The number of fused-ring (bicyclic) bond motifs is 1. The van der Waals surface area contributed by atoms with Gasteiger partial charge in [-0.25, -0.2) is 14.6 Å². The molecule has 13 heteroatoms. The number of halogens is 1. The number of hydrogen-bond acceptors (Lipinski definition) is 10. The molecule has 4 rings (SSSR count). The number of aliphatic carboxylic acids is 1. The van der Waals surface area contributed by atoms with E-state index in [4.69, 9.17) is 28.8 Å². The largest absolute Gasteiger partial charge is 0.493 e. The Kier molecular flexibility index (Phi) is 9.74. The predicted molar refractivity (Wildman–Crippen MR) is 158 cm³/mol. The van der Waals surface area contributed by atoms with Crippen molar-refractivity contribution >= 4 is 45.3 Å². The smallest absolute Gasteiger partial charge is 0.341 e. The average Bonchev–Trinajstić information content (AvgIpc) is 3.25. The molecule has 0 fully saturated rings. The van der Waals surface area contributed by atoms with Gasteiger partial charge in [0.15, 0.2) is 34.4 Å². The maximum atomic E-state index is 14.0. The van der Waals surface area contributed by atoms with E-state index >= 15 is 0 Å². The lowest BCUT2D eigenvalue weighted by Gasteiger charge is -2.26. The van der Waals surface area contributed by atoms with E-state index in [9.17, 15) is 14.4 Å². The molecule has 0 unspecified atom stereocenters. The molecule has 3 aromatic rings. The number of nitrogens with zero attached hydrogens (tertiary/aromatic N) is 2. The zero-order chi connectivity index (χ0) is 30.6. The fourth-order valence-electron chi connectivity index (χ4n) is 4.54. The summed E-state index contributed by atoms with van der Waals surface area (Å²) in [7, 11) is 2.95. The molecule has 0 radical (unpaired) electrons. The number of esters is 1. The van der Waals surface area contributed by atoms with Gasteiger partial charge in [-0.3, -0.25) is 9.36 Å². The van der Waals surface area contributed by atoms with Crippen LogP contribution in [0.2, 0.25) is 0 Å². The molecule has 11 nitrogen and oxygen atoms in total. The molecule has 0 amide bonds. The van der Waals surface area contributed by atoms with Crippen molar-refractivity contribution in [2.24, 2.45) is 4.99 Å². The number of carbonyl (C=O) groups is 2. The van der Waals surface area contributed by atoms with Crippen LogP contribution in [0.1, 0.15) is 37.9 Å². The van der Waals surface area contributed by atoms with Crippen LogP contribution >= 0.6 is 27.3 Å². The van der Waals surface area contributed by atoms with Gasteiger partial charge in [-0.1, -0.05) is 23.5 Å². The number of aromatic nitrogens is 1. The Balaban J connectivity index is 1.95. The molecule has 0 saturated carbocycles. The zero-order valence-electron chi connectivity index (χ0n) is 23.6. The second-order valence-electron chi connectivity index (χ2n) is 8.83. The number of methoxy groups -OCH3 is 2. The molecule has 1 aliphatic rings. The number of carbonyl (C=O) groups excluding carboxylic acids is 1. The minimum atomic E-state index is -1.13. The van der Waals surface area contributed by atoms with Crippen molar-refractivity contribution in [3.8, 4) is 23.0 Å². The monoisotopic (exact) mass is 660 g/mol. The molecule has 1 aliphatic heterocycles. The molecule has 222 valence electrons. The van der Waals surface area contributed by atoms with Crippen LogP contribution < -0.4 is 33.8 Å². The van der Waals surface area contributed by atoms with Gasteiger partial charge in [-0.2, -0.15) is 0 Å². The van der Waals surface area contributed by atoms with Gasteiger partial charge >= 0.3 is 11.9 Å². The number of rotatable bonds is 11. The van der Waals surface area contributed by atoms with Crippen molar-refractivity contribution in [1.29, 1.82) is 0 Å². The standard InChI is InChI=1S/C29H29BrN2O9S/c1-6-39-25-17(9-8-10-19(25)37-4)24-23(28(36)40-7-2)15(3)31-29-32(24)27(35)21(42-29)13-16-11-18(30)26(20(12-16)38-5)41-14-22(33)34/h8-13,24H,6-7,14H2,1-5H3,(H,33,34)/b21-13+/t24-/m1/s1. The lowest BCUT2D eigenvalue weighted by Crippen LogP contribution is -2.40. The topological polar surface area (TPSA) is 135 Å². The summed E-state index contributed by atoms with van der Waals surface area (Å²) in [4.78, 5) is 43.3. The number of carboxylic acids is 1. The SMILES string of the molecule is CCOC(=O)C1=C(C)N=c2s/c(=C/c3cc(Br)c(OCC(=O)O)c(OC)c3)c(=O)n2[C@@H]1c1cccc(OC)c1OCC. The number of allylic oxidation sites excluding steroid dienone is 1. The van der Waals surface area contributed by atoms with E-state index in [0.717, 1.165) is 11.3 Å². The van der Waals surface area contributed by atoms with Crippen molar-refractivity contribution in [1.82, 2.24) is 4.57 Å². The summed E-state index contributed by atoms with van der Waals surface area (Å²) < 4.78 is 29.9. The molecule has 42 heavy (non-hydrogen) atoms. The Labute approximate surface area is 253 Å². The fourth-order valence-corrected chi connectivity index (χ4v) is 6.16. The molecular formula is C29H29BrN2O9S. The number of benzene rings is 2. The van der Waals surface area contributed by atoms with Crippen LogP contribution in [0.15, 0.2) is 55.9 Å². The zero-order valence-corrected chi connectivity index (χ0v) is 26.0. The second kappa shape index (κ2) is 13.3. The molecule has 1 atom stereocenters. The molecule has 0 bridgehead atoms. The minimum Gasteiger partial charge on any atom is -0.493 e. The van der Waals surface area contributed by atoms with Crippen molar-refractivity contribution < 1.29 is 38.4 Å². The molecule has 1 aromatic heterocycles. The molecule has 0 spiro atoms. The minimum absolute atomic E-state index is 0.145. The molecule has 0 saturated heterocycles. The first-order chi connectivity index (χ1) is 20.1. The van der Waals surface area contributed by atoms with Crippen molar-refractivity contribution in [2.45, 2.75) is 26.8 Å². The van der Waals surface area contributed by atoms with E-state index in [2.05, 4.69) is 20.9 Å². The normalized spacial score (nSPS) is 14.6. The summed E-state index contributed by atoms with van der Waals surface area (Å²) in [6.07, 6.45) is 1.66. The van der Waals surface area contributed by atoms with Gasteiger partial charge in [0, 0.05) is 5.56 Å². The Morgan fingerprint density at radius 2 is 1.83 bits per heavy atom. The van der Waals surface area contributed by atoms with Gasteiger partial charge in [0.2, 0.25) is 0 Å². The summed E-state index contributed by atoms with van der Waals surface area (Å²) in [5.74, 6) is -0.366. The Morgan fingerprint density at radius 3 is 2.48 bits per heavy atom. The first-order valence-corrected chi connectivity index (χ1v) is 14.5. The predicted octanol–water partition coefficient (Wildman–Crippen LogP) is 3.44. The quantitative estimate of drug-likeness (QED) is 0.307. The molecular weight excluding hydrogens is 632 g/mol. The molecule has 2 aromatic carbocycles. The third kappa shape index (κ3) is 6.07. The van der Waals surface area contributed by atoms with E-state index in [-0.39, 0.29) is 29.2 Å². The van der Waals surface area contributed by atoms with Crippen LogP contribution in [-0.2, 0) is 14.3 Å². The van der Waals surface area contributed by atoms with Crippen LogP contribution in [0, 0.1) is 0 Å². The van der Waals surface area contributed by atoms with Gasteiger partial charge in [0.25, 0.3) is 5.56 Å². The van der Waals surface area contributed by atoms with E-state index in [0.29, 0.717) is 48.7 Å². The van der Waals surface area contributed by atoms with Crippen molar-refractivity contribution in [3.05, 3.63) is 76.9 Å². The summed E-state index contributed by atoms with van der Waals surface area (Å²) in [5, 5.41) is 8.99. The number of para-hydroxylation sites is 1. The van der Waals surface area contributed by atoms with Crippen LogP contribution in [-0.4, -0.2) is 55.7 Å². The summed E-state index contributed by atoms with van der Waals surface area (Å²) >= 11 is 4.56. The first-order valence-electron chi connectivity index (χ1n) is 12.9. The average molecular weight is 662 g/mol. The third-order valence-electron chi connectivity index (χ3n) is 6.22. The highest BCUT2D eigenvalue weighted by Crippen LogP contribution is 2.41. The van der Waals surface area contributed by atoms with Gasteiger partial charge in [-0.05, 0) is 66.5 Å². The fraction of sp³-hybridized carbons (Fsp3) is 0.310. The van der Waals surface area contributed by atoms with Crippen LogP contribution in [0.25, 0.3) is 6.08 Å². The van der Waals surface area contributed by atoms with Crippen molar-refractivity contribution in [3.63, 3.8) is 0 Å². The maximum absolute atomic E-state index is 14.0. The lowest BCUT2D eigenvalue weighted by molar-refractivity contribution is -0.140. The highest BCUT2D eigenvalue weighted by Gasteiger charge is 2.36. The van der Waals surface area contributed by atoms with E-state index in [1.165, 1.54) is 18.8 Å². The highest BCUT2D eigenvalue weighted by molar-refractivity contribution is 9.10. The third-order valence-corrected chi connectivity index (χ3v) is 7.79. The van der Waals surface area contributed by atoms with Gasteiger partial charge in [0.05, 0.1) is 47.7 Å². The Morgan fingerprint density at radius 1 is 1.10 bits per heavy atom. The summed E-state index contributed by atoms with van der Waals surface area (Å²) in [5.41, 5.74) is 1.38. The molecule has 0 aliphatic carbocycles. The second-order valence-corrected chi connectivity index (χ2v) is 10.7. The number of thiazole rings is 1. The molecule has 1 N–H and O–H groups in total. The van der Waals surface area contributed by atoms with Gasteiger partial charge < -0.3 is 28.8 Å². The van der Waals surface area contributed by atoms with Crippen molar-refractivity contribution in [2.75, 3.05) is 34.0 Å². The highest BCUT2D eigenvalue weighted by atomic mass is 79.9. The lowest BCUT2D eigenvalue weighted by atomic mass is 9.94. The Bertz CT molecular complexity index is 1740. The number of carboxylic acid groups (broad SMARTS) is 1. The Hall–Kier alpha value is -4.10. The van der Waals surface area contributed by atoms with Crippen LogP contribution in [0.4, 0.5) is 0 Å². The van der Waals surface area contributed by atoms with Crippen LogP contribution in [0.5, 0.6) is 23.0 Å². The summed E-state index contributed by atoms with van der Waals surface area (Å²) in [6.45, 7) is 5.16. The van der Waals surface area contributed by atoms with Gasteiger partial charge in [-0.15, -0.1) is 0 Å². The van der Waals surface area contributed by atoms with E-state index < -0.39 is 24.6 Å².